The molecule has 0 spiro atoms. The van der Waals surface area contributed by atoms with Gasteiger partial charge in [-0.05, 0) is 44.4 Å². The predicted molar refractivity (Wildman–Crippen MR) is 100 cm³/mol. The number of carboxylic acid groups (broad SMARTS) is 1. The number of carbonyl (C=O) groups is 2. The van der Waals surface area contributed by atoms with Crippen molar-refractivity contribution in [2.24, 2.45) is 0 Å². The number of carbonyl (C=O) groups excluding carboxylic acids is 1. The van der Waals surface area contributed by atoms with Crippen molar-refractivity contribution in [1.82, 2.24) is 0 Å². The van der Waals surface area contributed by atoms with Gasteiger partial charge in [0, 0.05) is 6.07 Å². The minimum absolute atomic E-state index is 0.297. The van der Waals surface area contributed by atoms with Crippen LogP contribution >= 0.6 is 0 Å². The van der Waals surface area contributed by atoms with Crippen LogP contribution in [0.1, 0.15) is 36.7 Å². The van der Waals surface area contributed by atoms with E-state index in [1.165, 1.54) is 13.0 Å². The van der Waals surface area contributed by atoms with E-state index in [0.29, 0.717) is 16.7 Å². The maximum Gasteiger partial charge on any atom is 0.412 e. The van der Waals surface area contributed by atoms with E-state index in [1.54, 1.807) is 51.1 Å². The van der Waals surface area contributed by atoms with Gasteiger partial charge in [0.1, 0.15) is 11.3 Å². The van der Waals surface area contributed by atoms with E-state index in [0.717, 1.165) is 0 Å². The molecule has 0 saturated carbocycles. The highest BCUT2D eigenvalue weighted by Gasteiger charge is 2.29. The second-order valence-electron chi connectivity index (χ2n) is 6.87. The van der Waals surface area contributed by atoms with Gasteiger partial charge >= 0.3 is 12.1 Å². The Kier molecular flexibility index (Phi) is 5.49. The van der Waals surface area contributed by atoms with Crippen LogP contribution in [0.25, 0.3) is 11.1 Å². The summed E-state index contributed by atoms with van der Waals surface area (Å²) in [6.45, 7) is 6.42. The van der Waals surface area contributed by atoms with Gasteiger partial charge in [-0.25, -0.2) is 9.59 Å². The zero-order chi connectivity index (χ0) is 20.4. The van der Waals surface area contributed by atoms with Crippen LogP contribution < -0.4 is 5.32 Å². The van der Waals surface area contributed by atoms with Crippen molar-refractivity contribution < 1.29 is 24.4 Å². The van der Waals surface area contributed by atoms with Crippen molar-refractivity contribution >= 4 is 23.4 Å². The lowest BCUT2D eigenvalue weighted by molar-refractivity contribution is -0.383. The second kappa shape index (κ2) is 7.45. The molecule has 0 aliphatic carbocycles. The molecule has 0 heterocycles. The molecule has 0 aliphatic heterocycles. The first-order valence-corrected chi connectivity index (χ1v) is 8.12. The predicted octanol–water partition coefficient (Wildman–Crippen LogP) is 4.62. The molecule has 0 fully saturated rings. The molecule has 27 heavy (non-hydrogen) atoms. The Labute approximate surface area is 155 Å². The molecule has 0 aromatic heterocycles. The molecule has 2 aromatic rings. The lowest BCUT2D eigenvalue weighted by Crippen LogP contribution is -2.28. The zero-order valence-corrected chi connectivity index (χ0v) is 15.4. The fourth-order valence-corrected chi connectivity index (χ4v) is 2.63. The lowest BCUT2D eigenvalue weighted by Gasteiger charge is -2.21. The van der Waals surface area contributed by atoms with E-state index >= 15 is 0 Å². The van der Waals surface area contributed by atoms with Crippen LogP contribution in [0, 0.1) is 17.0 Å². The van der Waals surface area contributed by atoms with E-state index in [4.69, 9.17) is 4.74 Å². The first-order chi connectivity index (χ1) is 12.5. The van der Waals surface area contributed by atoms with E-state index in [-0.39, 0.29) is 5.56 Å². The van der Waals surface area contributed by atoms with Gasteiger partial charge in [-0.1, -0.05) is 30.3 Å². The summed E-state index contributed by atoms with van der Waals surface area (Å²) >= 11 is 0. The number of hydrogen-bond acceptors (Lipinski definition) is 5. The second-order valence-corrected chi connectivity index (χ2v) is 6.87. The maximum absolute atomic E-state index is 12.1. The van der Waals surface area contributed by atoms with Crippen molar-refractivity contribution in [2.75, 3.05) is 5.32 Å². The number of anilines is 1. The molecule has 0 radical (unpaired) electrons. The minimum atomic E-state index is -1.39. The summed E-state index contributed by atoms with van der Waals surface area (Å²) in [4.78, 5) is 34.8. The van der Waals surface area contributed by atoms with Crippen LogP contribution in [0.4, 0.5) is 16.2 Å². The minimum Gasteiger partial charge on any atom is -0.478 e. The Morgan fingerprint density at radius 1 is 1.19 bits per heavy atom. The van der Waals surface area contributed by atoms with Gasteiger partial charge < -0.3 is 9.84 Å². The normalized spacial score (nSPS) is 11.0. The summed E-state index contributed by atoms with van der Waals surface area (Å²) in [5.74, 6) is -1.39. The monoisotopic (exact) mass is 372 g/mol. The number of nitrogens with zero attached hydrogens (tertiary/aromatic N) is 1. The standard InChI is InChI=1S/C19H20N2O6/c1-11-13(12-8-6-5-7-9-12)10-14(21(25)26)16(15(11)17(22)23)20-18(24)27-19(2,3)4/h5-10H,1-4H3,(H,20,24)(H,22,23). The molecule has 2 N–H and O–H groups in total. The summed E-state index contributed by atoms with van der Waals surface area (Å²) in [7, 11) is 0. The lowest BCUT2D eigenvalue weighted by atomic mass is 9.94. The summed E-state index contributed by atoms with van der Waals surface area (Å²) in [6.07, 6.45) is -0.972. The number of carboxylic acids is 1. The average Bonchev–Trinajstić information content (AvgIpc) is 2.53. The van der Waals surface area contributed by atoms with Crippen LogP contribution in [-0.2, 0) is 4.74 Å². The number of ether oxygens (including phenoxy) is 1. The third kappa shape index (κ3) is 4.60. The molecule has 2 rings (SSSR count). The maximum atomic E-state index is 12.1. The molecular formula is C19H20N2O6. The Balaban J connectivity index is 2.68. The van der Waals surface area contributed by atoms with E-state index in [1.807, 2.05) is 0 Å². The van der Waals surface area contributed by atoms with Crippen LogP contribution in [0.3, 0.4) is 0 Å². The Hall–Kier alpha value is -3.42. The number of nitro groups is 1. The van der Waals surface area contributed by atoms with Gasteiger partial charge in [0.15, 0.2) is 0 Å². The highest BCUT2D eigenvalue weighted by molar-refractivity contribution is 6.05. The topological polar surface area (TPSA) is 119 Å². The van der Waals surface area contributed by atoms with E-state index in [9.17, 15) is 24.8 Å². The summed E-state index contributed by atoms with van der Waals surface area (Å²) in [5, 5.41) is 23.5. The molecule has 1 amide bonds. The molecule has 142 valence electrons. The van der Waals surface area contributed by atoms with Gasteiger partial charge in [-0.3, -0.25) is 15.4 Å². The smallest absolute Gasteiger partial charge is 0.412 e. The molecule has 0 bridgehead atoms. The fraction of sp³-hybridized carbons (Fsp3) is 0.263. The third-order valence-electron chi connectivity index (χ3n) is 3.69. The Morgan fingerprint density at radius 3 is 2.26 bits per heavy atom. The number of nitrogens with one attached hydrogen (secondary N) is 1. The van der Waals surface area contributed by atoms with Crippen molar-refractivity contribution in [3.63, 3.8) is 0 Å². The number of rotatable bonds is 4. The van der Waals surface area contributed by atoms with Crippen LogP contribution in [0.5, 0.6) is 0 Å². The zero-order valence-electron chi connectivity index (χ0n) is 15.4. The summed E-state index contributed by atoms with van der Waals surface area (Å²) in [5.41, 5.74) is -0.805. The molecule has 0 aliphatic rings. The van der Waals surface area contributed by atoms with Gasteiger partial charge in [0.05, 0.1) is 10.5 Å². The largest absolute Gasteiger partial charge is 0.478 e. The quantitative estimate of drug-likeness (QED) is 0.597. The van der Waals surface area contributed by atoms with Gasteiger partial charge in [-0.2, -0.15) is 0 Å². The first-order valence-electron chi connectivity index (χ1n) is 8.12. The number of nitro benzene ring substituents is 1. The number of benzene rings is 2. The number of amides is 1. The van der Waals surface area contributed by atoms with Crippen LogP contribution in [-0.4, -0.2) is 27.7 Å². The van der Waals surface area contributed by atoms with Crippen LogP contribution in [0.2, 0.25) is 0 Å². The SMILES string of the molecule is Cc1c(-c2ccccc2)cc([N+](=O)[O-])c(NC(=O)OC(C)(C)C)c1C(=O)O. The van der Waals surface area contributed by atoms with Gasteiger partial charge in [-0.15, -0.1) is 0 Å². The van der Waals surface area contributed by atoms with Crippen molar-refractivity contribution in [3.05, 3.63) is 57.6 Å². The van der Waals surface area contributed by atoms with Crippen molar-refractivity contribution in [1.29, 1.82) is 0 Å². The van der Waals surface area contributed by atoms with Crippen LogP contribution in [0.15, 0.2) is 36.4 Å². The molecule has 8 nitrogen and oxygen atoms in total. The Bertz CT molecular complexity index is 901. The average molecular weight is 372 g/mol. The highest BCUT2D eigenvalue weighted by atomic mass is 16.6. The molecule has 0 saturated heterocycles. The van der Waals surface area contributed by atoms with Crippen molar-refractivity contribution in [3.8, 4) is 11.1 Å². The van der Waals surface area contributed by atoms with Gasteiger partial charge in [0.2, 0.25) is 0 Å². The van der Waals surface area contributed by atoms with E-state index < -0.39 is 34.0 Å². The van der Waals surface area contributed by atoms with E-state index in [2.05, 4.69) is 5.32 Å². The molecule has 8 heteroatoms. The fourth-order valence-electron chi connectivity index (χ4n) is 2.63. The third-order valence-corrected chi connectivity index (χ3v) is 3.69. The number of hydrogen-bond donors (Lipinski definition) is 2. The molecule has 2 aromatic carbocycles. The first kappa shape index (κ1) is 19.9. The molecular weight excluding hydrogens is 352 g/mol. The summed E-state index contributed by atoms with van der Waals surface area (Å²) in [6, 6.07) is 9.96. The van der Waals surface area contributed by atoms with Crippen molar-refractivity contribution in [2.45, 2.75) is 33.3 Å². The molecule has 0 atom stereocenters. The Morgan fingerprint density at radius 2 is 1.78 bits per heavy atom. The number of aromatic carboxylic acids is 1. The molecule has 0 unspecified atom stereocenters. The summed E-state index contributed by atoms with van der Waals surface area (Å²) < 4.78 is 5.10. The highest BCUT2D eigenvalue weighted by Crippen LogP contribution is 2.38. The van der Waals surface area contributed by atoms with Gasteiger partial charge in [0.25, 0.3) is 5.69 Å².